The van der Waals surface area contributed by atoms with Gasteiger partial charge in [0, 0.05) is 16.2 Å². The molecule has 0 aliphatic carbocycles. The van der Waals surface area contributed by atoms with E-state index >= 15 is 0 Å². The van der Waals surface area contributed by atoms with Crippen LogP contribution in [0.5, 0.6) is 0 Å². The van der Waals surface area contributed by atoms with E-state index in [9.17, 15) is 0 Å². The van der Waals surface area contributed by atoms with Gasteiger partial charge in [-0.1, -0.05) is 60.7 Å². The van der Waals surface area contributed by atoms with Gasteiger partial charge in [-0.3, -0.25) is 0 Å². The van der Waals surface area contributed by atoms with E-state index in [-0.39, 0.29) is 0 Å². The summed E-state index contributed by atoms with van der Waals surface area (Å²) in [6.07, 6.45) is 0. The molecule has 28 heavy (non-hydrogen) atoms. The molecule has 140 valence electrons. The van der Waals surface area contributed by atoms with E-state index in [0.717, 1.165) is 33.0 Å². The highest BCUT2D eigenvalue weighted by molar-refractivity contribution is 6.65. The minimum absolute atomic E-state index is 0.395. The maximum atomic E-state index is 6.33. The number of furan rings is 1. The monoisotopic (exact) mass is 370 g/mol. The smallest absolute Gasteiger partial charge is 0.456 e. The van der Waals surface area contributed by atoms with Crippen molar-refractivity contribution in [1.82, 2.24) is 0 Å². The van der Waals surface area contributed by atoms with Crippen molar-refractivity contribution in [3.05, 3.63) is 66.7 Å². The lowest BCUT2D eigenvalue weighted by Gasteiger charge is -2.32. The van der Waals surface area contributed by atoms with Crippen LogP contribution in [0, 0.1) is 0 Å². The molecule has 0 unspecified atom stereocenters. The highest BCUT2D eigenvalue weighted by atomic mass is 16.7. The van der Waals surface area contributed by atoms with Crippen molar-refractivity contribution in [2.75, 3.05) is 0 Å². The summed E-state index contributed by atoms with van der Waals surface area (Å²) in [6, 6.07) is 22.8. The van der Waals surface area contributed by atoms with Crippen molar-refractivity contribution in [3.8, 4) is 11.1 Å². The van der Waals surface area contributed by atoms with Crippen LogP contribution in [-0.4, -0.2) is 18.3 Å². The van der Waals surface area contributed by atoms with Gasteiger partial charge in [-0.05, 0) is 44.9 Å². The predicted octanol–water partition coefficient (Wildman–Crippen LogP) is 5.55. The summed E-state index contributed by atoms with van der Waals surface area (Å²) in [7, 11) is -0.460. The molecule has 0 N–H and O–H groups in total. The van der Waals surface area contributed by atoms with Crippen LogP contribution >= 0.6 is 0 Å². The zero-order valence-corrected chi connectivity index (χ0v) is 16.7. The van der Waals surface area contributed by atoms with E-state index < -0.39 is 18.3 Å². The first-order chi connectivity index (χ1) is 13.4. The fourth-order valence-corrected chi connectivity index (χ4v) is 3.86. The summed E-state index contributed by atoms with van der Waals surface area (Å²) in [5.41, 5.74) is 4.17. The van der Waals surface area contributed by atoms with Crippen molar-refractivity contribution < 1.29 is 13.7 Å². The summed E-state index contributed by atoms with van der Waals surface area (Å²) in [5, 5.41) is 2.21. The van der Waals surface area contributed by atoms with E-state index in [4.69, 9.17) is 13.7 Å². The first-order valence-corrected chi connectivity index (χ1v) is 9.73. The third-order valence-electron chi connectivity index (χ3n) is 6.15. The Morgan fingerprint density at radius 1 is 0.714 bits per heavy atom. The van der Waals surface area contributed by atoms with E-state index in [1.54, 1.807) is 0 Å². The fourth-order valence-electron chi connectivity index (χ4n) is 3.86. The van der Waals surface area contributed by atoms with Crippen molar-refractivity contribution in [2.45, 2.75) is 38.9 Å². The lowest BCUT2D eigenvalue weighted by atomic mass is 9.77. The Bertz CT molecular complexity index is 1160. The molecule has 4 aromatic rings. The molecule has 0 atom stereocenters. The molecule has 1 aromatic heterocycles. The molecule has 0 spiro atoms. The predicted molar refractivity (Wildman–Crippen MR) is 115 cm³/mol. The van der Waals surface area contributed by atoms with Crippen LogP contribution < -0.4 is 5.46 Å². The van der Waals surface area contributed by atoms with E-state index in [1.165, 1.54) is 5.56 Å². The van der Waals surface area contributed by atoms with Crippen LogP contribution in [-0.2, 0) is 9.31 Å². The molecule has 0 radical (unpaired) electrons. The lowest BCUT2D eigenvalue weighted by molar-refractivity contribution is 0.00578. The van der Waals surface area contributed by atoms with Gasteiger partial charge in [-0.25, -0.2) is 0 Å². The molecule has 1 aliphatic rings. The van der Waals surface area contributed by atoms with Crippen molar-refractivity contribution >= 4 is 34.5 Å². The summed E-state index contributed by atoms with van der Waals surface area (Å²) >= 11 is 0. The Morgan fingerprint density at radius 3 is 2.07 bits per heavy atom. The molecular weight excluding hydrogens is 347 g/mol. The molecule has 1 saturated heterocycles. The molecule has 1 aliphatic heterocycles. The largest absolute Gasteiger partial charge is 0.498 e. The van der Waals surface area contributed by atoms with Crippen molar-refractivity contribution in [1.29, 1.82) is 0 Å². The standard InChI is InChI=1S/C24H23BO3/c1-23(2)24(3,4)28-25(27-23)19-15-14-17(16-10-6-5-7-11-16)21-18-12-8-9-13-20(18)26-22(19)21/h5-15H,1-4H3. The number of rotatable bonds is 2. The third-order valence-corrected chi connectivity index (χ3v) is 6.15. The second-order valence-electron chi connectivity index (χ2n) is 8.46. The molecule has 0 amide bonds. The van der Waals surface area contributed by atoms with Gasteiger partial charge in [0.2, 0.25) is 0 Å². The normalized spacial score (nSPS) is 18.2. The van der Waals surface area contributed by atoms with Gasteiger partial charge in [0.1, 0.15) is 11.2 Å². The average molecular weight is 370 g/mol. The SMILES string of the molecule is CC1(C)OB(c2ccc(-c3ccccc3)c3c2oc2ccccc23)OC1(C)C. The second-order valence-corrected chi connectivity index (χ2v) is 8.46. The van der Waals surface area contributed by atoms with Crippen LogP contribution in [0.1, 0.15) is 27.7 Å². The molecule has 4 heteroatoms. The Morgan fingerprint density at radius 2 is 1.36 bits per heavy atom. The summed E-state index contributed by atoms with van der Waals surface area (Å²) in [4.78, 5) is 0. The Labute approximate surface area is 165 Å². The molecule has 3 aromatic carbocycles. The Balaban J connectivity index is 1.78. The van der Waals surface area contributed by atoms with Crippen LogP contribution in [0.15, 0.2) is 71.1 Å². The Kier molecular flexibility index (Phi) is 3.74. The van der Waals surface area contributed by atoms with Crippen LogP contribution in [0.25, 0.3) is 33.1 Å². The first-order valence-electron chi connectivity index (χ1n) is 9.73. The highest BCUT2D eigenvalue weighted by Crippen LogP contribution is 2.40. The molecule has 2 heterocycles. The number of benzene rings is 3. The lowest BCUT2D eigenvalue weighted by Crippen LogP contribution is -2.41. The van der Waals surface area contributed by atoms with Gasteiger partial charge in [0.25, 0.3) is 0 Å². The molecule has 3 nitrogen and oxygen atoms in total. The molecular formula is C24H23BO3. The second kappa shape index (κ2) is 5.97. The number of hydrogen-bond acceptors (Lipinski definition) is 3. The van der Waals surface area contributed by atoms with E-state index in [2.05, 4.69) is 70.2 Å². The van der Waals surface area contributed by atoms with Gasteiger partial charge in [0.05, 0.1) is 11.2 Å². The van der Waals surface area contributed by atoms with E-state index in [1.807, 2.05) is 24.3 Å². The van der Waals surface area contributed by atoms with E-state index in [0.29, 0.717) is 0 Å². The topological polar surface area (TPSA) is 31.6 Å². The summed E-state index contributed by atoms with van der Waals surface area (Å²) in [5.74, 6) is 0. The molecule has 5 rings (SSSR count). The zero-order valence-electron chi connectivity index (χ0n) is 16.7. The quantitative estimate of drug-likeness (QED) is 0.434. The minimum Gasteiger partial charge on any atom is -0.456 e. The number of fused-ring (bicyclic) bond motifs is 3. The van der Waals surface area contributed by atoms with Crippen LogP contribution in [0.4, 0.5) is 0 Å². The molecule has 0 saturated carbocycles. The Hall–Kier alpha value is -2.56. The molecule has 0 bridgehead atoms. The third kappa shape index (κ3) is 2.52. The fraction of sp³-hybridized carbons (Fsp3) is 0.250. The van der Waals surface area contributed by atoms with Gasteiger partial charge in [-0.2, -0.15) is 0 Å². The van der Waals surface area contributed by atoms with Crippen LogP contribution in [0.2, 0.25) is 0 Å². The number of para-hydroxylation sites is 1. The molecule has 1 fully saturated rings. The maximum absolute atomic E-state index is 6.33. The van der Waals surface area contributed by atoms with Crippen molar-refractivity contribution in [2.24, 2.45) is 0 Å². The van der Waals surface area contributed by atoms with Crippen LogP contribution in [0.3, 0.4) is 0 Å². The van der Waals surface area contributed by atoms with Crippen molar-refractivity contribution in [3.63, 3.8) is 0 Å². The first kappa shape index (κ1) is 17.5. The summed E-state index contributed by atoms with van der Waals surface area (Å²) in [6.45, 7) is 8.28. The zero-order chi connectivity index (χ0) is 19.5. The minimum atomic E-state index is -0.460. The maximum Gasteiger partial charge on any atom is 0.498 e. The number of hydrogen-bond donors (Lipinski definition) is 0. The van der Waals surface area contributed by atoms with Gasteiger partial charge < -0.3 is 13.7 Å². The average Bonchev–Trinajstić information content (AvgIpc) is 3.16. The van der Waals surface area contributed by atoms with Gasteiger partial charge in [-0.15, -0.1) is 0 Å². The van der Waals surface area contributed by atoms with Gasteiger partial charge >= 0.3 is 7.12 Å². The summed E-state index contributed by atoms with van der Waals surface area (Å²) < 4.78 is 19.0. The van der Waals surface area contributed by atoms with Gasteiger partial charge in [0.15, 0.2) is 0 Å². The highest BCUT2D eigenvalue weighted by Gasteiger charge is 2.52.